The minimum Gasteiger partial charge on any atom is -0.462 e. The number of ether oxygens (including phenoxy) is 3. The van der Waals surface area contributed by atoms with E-state index < -0.39 is 6.10 Å². The van der Waals surface area contributed by atoms with Crippen molar-refractivity contribution in [2.45, 2.75) is 335 Å². The molecule has 0 saturated carbocycles. The van der Waals surface area contributed by atoms with Crippen LogP contribution in [0.5, 0.6) is 0 Å². The van der Waals surface area contributed by atoms with Crippen LogP contribution in [0.3, 0.4) is 0 Å². The Labute approximate surface area is 477 Å². The Bertz CT molecular complexity index is 1470. The average Bonchev–Trinajstić information content (AvgIpc) is 3.43. The third-order valence-corrected chi connectivity index (χ3v) is 14.4. The highest BCUT2D eigenvalue weighted by molar-refractivity contribution is 5.71. The Morgan fingerprint density at radius 2 is 0.519 bits per heavy atom. The quantitative estimate of drug-likeness (QED) is 0.0261. The van der Waals surface area contributed by atoms with E-state index in [-0.39, 0.29) is 31.1 Å². The maximum absolute atomic E-state index is 12.9. The third kappa shape index (κ3) is 63.3. The van der Waals surface area contributed by atoms with Crippen molar-refractivity contribution < 1.29 is 28.6 Å². The lowest BCUT2D eigenvalue weighted by atomic mass is 10.0. The molecule has 0 bridgehead atoms. The number of rotatable bonds is 60. The van der Waals surface area contributed by atoms with Crippen LogP contribution in [0.1, 0.15) is 329 Å². The zero-order chi connectivity index (χ0) is 55.7. The van der Waals surface area contributed by atoms with E-state index in [0.717, 1.165) is 116 Å². The van der Waals surface area contributed by atoms with Gasteiger partial charge in [-0.1, -0.05) is 286 Å². The van der Waals surface area contributed by atoms with E-state index in [4.69, 9.17) is 14.2 Å². The number of carbonyl (C=O) groups is 3. The smallest absolute Gasteiger partial charge is 0.306 e. The zero-order valence-electron chi connectivity index (χ0n) is 51.0. The summed E-state index contributed by atoms with van der Waals surface area (Å²) in [4.78, 5) is 38.2. The van der Waals surface area contributed by atoms with Gasteiger partial charge < -0.3 is 14.2 Å². The first-order valence-corrected chi connectivity index (χ1v) is 33.1. The van der Waals surface area contributed by atoms with E-state index in [0.29, 0.717) is 19.3 Å². The summed E-state index contributed by atoms with van der Waals surface area (Å²) in [6.07, 6.45) is 86.2. The predicted octanol–water partition coefficient (Wildman–Crippen LogP) is 22.7. The SMILES string of the molecule is CC/C=C\C/C=C\C/C=C\C/C=C\CCCCCCCCCCCCCCCCCCCCCCC(=O)OCC(COC(=O)CCCCCCC/C=C\CCCC)OC(=O)CCCCCCC/C=C\C/C=C\CCCCC. The van der Waals surface area contributed by atoms with Crippen molar-refractivity contribution in [1.29, 1.82) is 0 Å². The number of hydrogen-bond donors (Lipinski definition) is 0. The van der Waals surface area contributed by atoms with Crippen LogP contribution in [0.2, 0.25) is 0 Å². The van der Waals surface area contributed by atoms with Gasteiger partial charge in [0.15, 0.2) is 6.10 Å². The molecule has 0 aromatic heterocycles. The molecule has 0 spiro atoms. The van der Waals surface area contributed by atoms with Crippen molar-refractivity contribution in [2.75, 3.05) is 13.2 Å². The van der Waals surface area contributed by atoms with Gasteiger partial charge in [-0.15, -0.1) is 0 Å². The molecular formula is C71H124O6. The minimum atomic E-state index is -0.785. The molecule has 0 amide bonds. The predicted molar refractivity (Wildman–Crippen MR) is 334 cm³/mol. The highest BCUT2D eigenvalue weighted by atomic mass is 16.6. The van der Waals surface area contributed by atoms with Gasteiger partial charge in [0.25, 0.3) is 0 Å². The summed E-state index contributed by atoms with van der Waals surface area (Å²) in [7, 11) is 0. The Morgan fingerprint density at radius 1 is 0.273 bits per heavy atom. The molecular weight excluding hydrogens is 949 g/mol. The number of esters is 3. The first-order valence-electron chi connectivity index (χ1n) is 33.1. The van der Waals surface area contributed by atoms with Gasteiger partial charge in [-0.05, 0) is 109 Å². The average molecular weight is 1070 g/mol. The Kier molecular flexibility index (Phi) is 62.2. The van der Waals surface area contributed by atoms with Crippen molar-refractivity contribution in [3.8, 4) is 0 Å². The summed E-state index contributed by atoms with van der Waals surface area (Å²) in [5.41, 5.74) is 0. The van der Waals surface area contributed by atoms with Crippen LogP contribution in [-0.2, 0) is 28.6 Å². The second-order valence-electron chi connectivity index (χ2n) is 22.0. The highest BCUT2D eigenvalue weighted by Crippen LogP contribution is 2.17. The van der Waals surface area contributed by atoms with Gasteiger partial charge in [-0.2, -0.15) is 0 Å². The van der Waals surface area contributed by atoms with Gasteiger partial charge in [0, 0.05) is 19.3 Å². The first kappa shape index (κ1) is 73.6. The maximum Gasteiger partial charge on any atom is 0.306 e. The molecule has 0 aliphatic rings. The van der Waals surface area contributed by atoms with Gasteiger partial charge in [-0.25, -0.2) is 0 Å². The van der Waals surface area contributed by atoms with Crippen LogP contribution in [0.25, 0.3) is 0 Å². The minimum absolute atomic E-state index is 0.0811. The van der Waals surface area contributed by atoms with Gasteiger partial charge >= 0.3 is 17.9 Å². The van der Waals surface area contributed by atoms with E-state index in [9.17, 15) is 14.4 Å². The summed E-state index contributed by atoms with van der Waals surface area (Å²) in [6, 6.07) is 0. The second-order valence-corrected chi connectivity index (χ2v) is 22.0. The molecule has 0 rings (SSSR count). The molecule has 0 aromatic carbocycles. The maximum atomic E-state index is 12.9. The van der Waals surface area contributed by atoms with Crippen molar-refractivity contribution in [3.63, 3.8) is 0 Å². The molecule has 0 heterocycles. The lowest BCUT2D eigenvalue weighted by Gasteiger charge is -2.18. The van der Waals surface area contributed by atoms with E-state index in [1.807, 2.05) is 0 Å². The fraction of sp³-hybridized carbons (Fsp3) is 0.761. The fourth-order valence-corrected chi connectivity index (χ4v) is 9.39. The van der Waals surface area contributed by atoms with Crippen molar-refractivity contribution in [3.05, 3.63) is 85.1 Å². The summed E-state index contributed by atoms with van der Waals surface area (Å²) in [5.74, 6) is -0.892. The van der Waals surface area contributed by atoms with Gasteiger partial charge in [0.2, 0.25) is 0 Å². The normalized spacial score (nSPS) is 12.6. The summed E-state index contributed by atoms with van der Waals surface area (Å²) >= 11 is 0. The summed E-state index contributed by atoms with van der Waals surface area (Å²) in [6.45, 7) is 6.47. The summed E-state index contributed by atoms with van der Waals surface area (Å²) < 4.78 is 16.9. The van der Waals surface area contributed by atoms with Crippen LogP contribution in [0.4, 0.5) is 0 Å². The largest absolute Gasteiger partial charge is 0.462 e. The van der Waals surface area contributed by atoms with Crippen LogP contribution >= 0.6 is 0 Å². The van der Waals surface area contributed by atoms with Gasteiger partial charge in [0.1, 0.15) is 13.2 Å². The van der Waals surface area contributed by atoms with Gasteiger partial charge in [-0.3, -0.25) is 14.4 Å². The fourth-order valence-electron chi connectivity index (χ4n) is 9.39. The number of hydrogen-bond acceptors (Lipinski definition) is 6. The molecule has 0 aliphatic carbocycles. The molecule has 6 nitrogen and oxygen atoms in total. The number of allylic oxidation sites excluding steroid dienone is 14. The summed E-state index contributed by atoms with van der Waals surface area (Å²) in [5, 5.41) is 0. The van der Waals surface area contributed by atoms with E-state index in [1.54, 1.807) is 0 Å². The molecule has 1 atom stereocenters. The Balaban J connectivity index is 4.10. The molecule has 0 saturated heterocycles. The zero-order valence-corrected chi connectivity index (χ0v) is 51.0. The molecule has 6 heteroatoms. The Morgan fingerprint density at radius 3 is 0.844 bits per heavy atom. The van der Waals surface area contributed by atoms with Crippen LogP contribution in [0, 0.1) is 0 Å². The van der Waals surface area contributed by atoms with E-state index >= 15 is 0 Å². The van der Waals surface area contributed by atoms with Crippen LogP contribution in [-0.4, -0.2) is 37.2 Å². The van der Waals surface area contributed by atoms with Crippen molar-refractivity contribution in [1.82, 2.24) is 0 Å². The Hall–Kier alpha value is -3.41. The number of carbonyl (C=O) groups excluding carboxylic acids is 3. The standard InChI is InChI=1S/C71H124O6/c1-4-7-10-13-16-19-22-24-26-27-28-29-30-31-32-33-34-35-36-37-38-39-40-41-42-43-45-46-49-52-55-58-61-64-70(73)76-67-68(66-75-69(72)63-60-57-54-51-48-21-18-15-12-9-6-3)77-71(74)65-62-59-56-53-50-47-44-25-23-20-17-14-11-8-5-2/h7,10,15-20,24-26,28-29,44,68H,4-6,8-9,11-14,21-23,27,30-43,45-67H2,1-3H3/b10-7-,18-15-,19-16-,20-17-,26-24-,29-28-,44-25-. The first-order chi connectivity index (χ1) is 38.0. The van der Waals surface area contributed by atoms with Gasteiger partial charge in [0.05, 0.1) is 0 Å². The molecule has 0 N–H and O–H groups in total. The molecule has 444 valence electrons. The van der Waals surface area contributed by atoms with Crippen LogP contribution in [0.15, 0.2) is 85.1 Å². The molecule has 0 radical (unpaired) electrons. The molecule has 0 aromatic rings. The molecule has 0 aliphatic heterocycles. The molecule has 0 fully saturated rings. The molecule has 1 unspecified atom stereocenters. The monoisotopic (exact) mass is 1070 g/mol. The van der Waals surface area contributed by atoms with Crippen molar-refractivity contribution in [2.24, 2.45) is 0 Å². The lowest BCUT2D eigenvalue weighted by Crippen LogP contribution is -2.30. The van der Waals surface area contributed by atoms with E-state index in [1.165, 1.54) is 173 Å². The second kappa shape index (κ2) is 65.1. The van der Waals surface area contributed by atoms with E-state index in [2.05, 4.69) is 106 Å². The lowest BCUT2D eigenvalue weighted by molar-refractivity contribution is -0.167. The van der Waals surface area contributed by atoms with Crippen LogP contribution < -0.4 is 0 Å². The highest BCUT2D eigenvalue weighted by Gasteiger charge is 2.19. The third-order valence-electron chi connectivity index (χ3n) is 14.4. The number of unbranched alkanes of at least 4 members (excludes halogenated alkanes) is 35. The van der Waals surface area contributed by atoms with Crippen molar-refractivity contribution >= 4 is 17.9 Å². The topological polar surface area (TPSA) is 78.9 Å². The molecule has 77 heavy (non-hydrogen) atoms.